The van der Waals surface area contributed by atoms with Crippen molar-refractivity contribution in [3.05, 3.63) is 58.3 Å². The van der Waals surface area contributed by atoms with Crippen molar-refractivity contribution in [3.8, 4) is 0 Å². The molecule has 0 radical (unpaired) electrons. The van der Waals surface area contributed by atoms with Crippen molar-refractivity contribution < 1.29 is 14.4 Å². The van der Waals surface area contributed by atoms with Gasteiger partial charge >= 0.3 is 6.03 Å². The van der Waals surface area contributed by atoms with E-state index in [1.165, 1.54) is 0 Å². The molecule has 2 aromatic rings. The van der Waals surface area contributed by atoms with Gasteiger partial charge in [-0.05, 0) is 23.9 Å². The van der Waals surface area contributed by atoms with Crippen molar-refractivity contribution in [1.82, 2.24) is 15.5 Å². The van der Waals surface area contributed by atoms with Gasteiger partial charge < -0.3 is 10.6 Å². The van der Waals surface area contributed by atoms with Crippen LogP contribution in [0.25, 0.3) is 0 Å². The first-order chi connectivity index (χ1) is 12.0. The number of thiophene rings is 1. The van der Waals surface area contributed by atoms with Gasteiger partial charge in [-0.1, -0.05) is 36.4 Å². The predicted octanol–water partition coefficient (Wildman–Crippen LogP) is 2.09. The van der Waals surface area contributed by atoms with Crippen LogP contribution < -0.4 is 10.6 Å². The highest BCUT2D eigenvalue weighted by molar-refractivity contribution is 7.10. The molecule has 6 nitrogen and oxygen atoms in total. The van der Waals surface area contributed by atoms with Crippen molar-refractivity contribution in [1.29, 1.82) is 0 Å². The molecule has 0 bridgehead atoms. The Bertz CT molecular complexity index is 761. The Balaban J connectivity index is 1.58. The van der Waals surface area contributed by atoms with Crippen LogP contribution in [0.2, 0.25) is 0 Å². The molecule has 7 heteroatoms. The predicted molar refractivity (Wildman–Crippen MR) is 95.1 cm³/mol. The zero-order valence-electron chi connectivity index (χ0n) is 13.8. The molecule has 0 saturated carbocycles. The van der Waals surface area contributed by atoms with E-state index in [0.717, 1.165) is 15.3 Å². The molecule has 1 aliphatic rings. The van der Waals surface area contributed by atoms with E-state index in [1.807, 2.05) is 54.8 Å². The van der Waals surface area contributed by atoms with E-state index in [-0.39, 0.29) is 24.4 Å². The smallest absolute Gasteiger partial charge is 0.325 e. The number of imide groups is 1. The van der Waals surface area contributed by atoms with Gasteiger partial charge in [0.25, 0.3) is 5.91 Å². The summed E-state index contributed by atoms with van der Waals surface area (Å²) in [6.07, 6.45) is 0.412. The quantitative estimate of drug-likeness (QED) is 0.777. The van der Waals surface area contributed by atoms with Crippen molar-refractivity contribution in [2.75, 3.05) is 6.54 Å². The molecule has 25 heavy (non-hydrogen) atoms. The zero-order chi connectivity index (χ0) is 17.8. The van der Waals surface area contributed by atoms with Crippen LogP contribution in [0.15, 0.2) is 47.8 Å². The fourth-order valence-corrected chi connectivity index (χ4v) is 3.49. The number of hydrogen-bond acceptors (Lipinski definition) is 4. The number of carbonyl (C=O) groups is 3. The number of carbonyl (C=O) groups excluding carboxylic acids is 3. The number of rotatable bonds is 6. The Labute approximate surface area is 149 Å². The molecule has 4 amide bonds. The van der Waals surface area contributed by atoms with Gasteiger partial charge in [0.05, 0.1) is 6.04 Å². The van der Waals surface area contributed by atoms with Crippen LogP contribution in [0, 0.1) is 0 Å². The van der Waals surface area contributed by atoms with Crippen LogP contribution in [-0.4, -0.2) is 35.3 Å². The van der Waals surface area contributed by atoms with Gasteiger partial charge in [-0.2, -0.15) is 0 Å². The third-order valence-electron chi connectivity index (χ3n) is 4.04. The standard InChI is InChI=1S/C18H19N3O3S/c1-12(15-8-5-9-25-15)19-16(22)11-21-17(23)14(20-18(21)24)10-13-6-3-2-4-7-13/h2-9,12,14H,10-11H2,1H3,(H,19,22)(H,20,24). The van der Waals surface area contributed by atoms with Crippen LogP contribution in [-0.2, 0) is 16.0 Å². The van der Waals surface area contributed by atoms with E-state index >= 15 is 0 Å². The minimum atomic E-state index is -0.627. The largest absolute Gasteiger partial charge is 0.347 e. The van der Waals surface area contributed by atoms with Crippen LogP contribution in [0.3, 0.4) is 0 Å². The first-order valence-electron chi connectivity index (χ1n) is 8.03. The molecule has 1 aromatic carbocycles. The molecule has 130 valence electrons. The van der Waals surface area contributed by atoms with Gasteiger partial charge in [0, 0.05) is 11.3 Å². The molecule has 1 saturated heterocycles. The summed E-state index contributed by atoms with van der Waals surface area (Å²) in [4.78, 5) is 38.7. The Morgan fingerprint density at radius 2 is 2.00 bits per heavy atom. The molecule has 0 spiro atoms. The maximum Gasteiger partial charge on any atom is 0.325 e. The van der Waals surface area contributed by atoms with Crippen molar-refractivity contribution >= 4 is 29.2 Å². The monoisotopic (exact) mass is 357 g/mol. The summed E-state index contributed by atoms with van der Waals surface area (Å²) in [7, 11) is 0. The summed E-state index contributed by atoms with van der Waals surface area (Å²) in [5.74, 6) is -0.724. The number of urea groups is 1. The minimum Gasteiger partial charge on any atom is -0.347 e. The highest BCUT2D eigenvalue weighted by Gasteiger charge is 2.38. The second-order valence-electron chi connectivity index (χ2n) is 5.92. The first-order valence-corrected chi connectivity index (χ1v) is 8.91. The van der Waals surface area contributed by atoms with Crippen LogP contribution in [0.1, 0.15) is 23.4 Å². The Morgan fingerprint density at radius 3 is 2.68 bits per heavy atom. The minimum absolute atomic E-state index is 0.159. The molecule has 2 N–H and O–H groups in total. The summed E-state index contributed by atoms with van der Waals surface area (Å²) in [6.45, 7) is 1.60. The third kappa shape index (κ3) is 4.06. The molecular weight excluding hydrogens is 338 g/mol. The van der Waals surface area contributed by atoms with Crippen LogP contribution in [0.4, 0.5) is 4.79 Å². The summed E-state index contributed by atoms with van der Waals surface area (Å²) in [5, 5.41) is 7.39. The average Bonchev–Trinajstić information content (AvgIpc) is 3.21. The van der Waals surface area contributed by atoms with Crippen LogP contribution in [0.5, 0.6) is 0 Å². The molecular formula is C18H19N3O3S. The molecule has 2 heterocycles. The number of nitrogens with one attached hydrogen (secondary N) is 2. The van der Waals surface area contributed by atoms with Gasteiger partial charge in [0.15, 0.2) is 0 Å². The van der Waals surface area contributed by atoms with E-state index in [2.05, 4.69) is 10.6 Å². The van der Waals surface area contributed by atoms with Crippen LogP contribution >= 0.6 is 11.3 Å². The fraction of sp³-hybridized carbons (Fsp3) is 0.278. The SMILES string of the molecule is CC(NC(=O)CN1C(=O)NC(Cc2ccccc2)C1=O)c1cccs1. The van der Waals surface area contributed by atoms with Gasteiger partial charge in [0.2, 0.25) is 5.91 Å². The van der Waals surface area contributed by atoms with E-state index in [0.29, 0.717) is 6.42 Å². The zero-order valence-corrected chi connectivity index (χ0v) is 14.6. The van der Waals surface area contributed by atoms with E-state index in [4.69, 9.17) is 0 Å². The molecule has 1 aromatic heterocycles. The lowest BCUT2D eigenvalue weighted by molar-refractivity contribution is -0.132. The second-order valence-corrected chi connectivity index (χ2v) is 6.90. The van der Waals surface area contributed by atoms with Gasteiger partial charge in [-0.25, -0.2) is 4.79 Å². The summed E-state index contributed by atoms with van der Waals surface area (Å²) < 4.78 is 0. The maximum atomic E-state index is 12.4. The number of nitrogens with zero attached hydrogens (tertiary/aromatic N) is 1. The summed E-state index contributed by atoms with van der Waals surface area (Å²) in [5.41, 5.74) is 0.957. The molecule has 1 fully saturated rings. The average molecular weight is 357 g/mol. The van der Waals surface area contributed by atoms with E-state index in [9.17, 15) is 14.4 Å². The molecule has 1 aliphatic heterocycles. The Hall–Kier alpha value is -2.67. The molecule has 2 atom stereocenters. The summed E-state index contributed by atoms with van der Waals surface area (Å²) >= 11 is 1.54. The number of benzene rings is 1. The van der Waals surface area contributed by atoms with Gasteiger partial charge in [-0.3, -0.25) is 14.5 Å². The lowest BCUT2D eigenvalue weighted by atomic mass is 10.1. The molecule has 3 rings (SSSR count). The summed E-state index contributed by atoms with van der Waals surface area (Å²) in [6, 6.07) is 12.0. The molecule has 0 aliphatic carbocycles. The van der Waals surface area contributed by atoms with Crippen molar-refractivity contribution in [2.45, 2.75) is 25.4 Å². The Morgan fingerprint density at radius 1 is 1.24 bits per heavy atom. The Kier molecular flexibility index (Phi) is 5.14. The van der Waals surface area contributed by atoms with Gasteiger partial charge in [0.1, 0.15) is 12.6 Å². The van der Waals surface area contributed by atoms with Crippen molar-refractivity contribution in [3.63, 3.8) is 0 Å². The highest BCUT2D eigenvalue weighted by atomic mass is 32.1. The second kappa shape index (κ2) is 7.48. The third-order valence-corrected chi connectivity index (χ3v) is 5.09. The normalized spacial score (nSPS) is 18.1. The number of hydrogen-bond donors (Lipinski definition) is 2. The van der Waals surface area contributed by atoms with E-state index < -0.39 is 12.1 Å². The van der Waals surface area contributed by atoms with E-state index in [1.54, 1.807) is 11.3 Å². The fourth-order valence-electron chi connectivity index (χ4n) is 2.75. The lowest BCUT2D eigenvalue weighted by Crippen LogP contribution is -2.41. The maximum absolute atomic E-state index is 12.4. The molecule has 2 unspecified atom stereocenters. The topological polar surface area (TPSA) is 78.5 Å². The first kappa shape index (κ1) is 17.2. The highest BCUT2D eigenvalue weighted by Crippen LogP contribution is 2.18. The number of amides is 4. The van der Waals surface area contributed by atoms with Crippen molar-refractivity contribution in [2.24, 2.45) is 0 Å². The van der Waals surface area contributed by atoms with Gasteiger partial charge in [-0.15, -0.1) is 11.3 Å². The lowest BCUT2D eigenvalue weighted by Gasteiger charge is -2.16.